The molecular weight excluding hydrogens is 268 g/mol. The Morgan fingerprint density at radius 1 is 0.818 bits per heavy atom. The van der Waals surface area contributed by atoms with Crippen LogP contribution < -0.4 is 5.73 Å². The largest absolute Gasteiger partial charge is 0.330 e. The highest BCUT2D eigenvalue weighted by Crippen LogP contribution is 2.30. The van der Waals surface area contributed by atoms with Crippen LogP contribution in [0.1, 0.15) is 23.5 Å². The van der Waals surface area contributed by atoms with E-state index in [1.165, 1.54) is 11.1 Å². The summed E-state index contributed by atoms with van der Waals surface area (Å²) in [7, 11) is 0. The molecule has 0 bridgehead atoms. The third-order valence-electron chi connectivity index (χ3n) is 3.91. The van der Waals surface area contributed by atoms with Crippen molar-refractivity contribution in [2.45, 2.75) is 12.3 Å². The second-order valence-corrected chi connectivity index (χ2v) is 5.38. The minimum Gasteiger partial charge on any atom is -0.330 e. The topological polar surface area (TPSA) is 38.9 Å². The molecule has 1 atom stereocenters. The molecular formula is C20H20N2. The summed E-state index contributed by atoms with van der Waals surface area (Å²) in [6.45, 7) is 0.674. The Bertz CT molecular complexity index is 708. The summed E-state index contributed by atoms with van der Waals surface area (Å²) >= 11 is 0. The molecule has 2 aromatic carbocycles. The van der Waals surface area contributed by atoms with Gasteiger partial charge in [-0.1, -0.05) is 54.6 Å². The van der Waals surface area contributed by atoms with Gasteiger partial charge in [-0.3, -0.25) is 4.98 Å². The normalized spacial score (nSPS) is 12.0. The molecule has 1 heterocycles. The number of hydrogen-bond donors (Lipinski definition) is 1. The molecule has 0 saturated carbocycles. The van der Waals surface area contributed by atoms with Gasteiger partial charge in [-0.15, -0.1) is 0 Å². The van der Waals surface area contributed by atoms with E-state index in [0.717, 1.165) is 17.7 Å². The van der Waals surface area contributed by atoms with E-state index in [2.05, 4.69) is 53.5 Å². The molecule has 0 amide bonds. The maximum absolute atomic E-state index is 5.84. The van der Waals surface area contributed by atoms with Gasteiger partial charge in [0.2, 0.25) is 0 Å². The van der Waals surface area contributed by atoms with Crippen LogP contribution in [-0.4, -0.2) is 11.5 Å². The molecule has 0 saturated heterocycles. The Kier molecular flexibility index (Phi) is 4.62. The second-order valence-electron chi connectivity index (χ2n) is 5.38. The van der Waals surface area contributed by atoms with Crippen molar-refractivity contribution in [2.75, 3.05) is 6.54 Å². The maximum atomic E-state index is 5.84. The van der Waals surface area contributed by atoms with Crippen LogP contribution in [0.25, 0.3) is 11.3 Å². The smallest absolute Gasteiger partial charge is 0.0702 e. The lowest BCUT2D eigenvalue weighted by Gasteiger charge is -2.18. The van der Waals surface area contributed by atoms with E-state index in [4.69, 9.17) is 5.73 Å². The standard InChI is InChI=1S/C20H20N2/c21-13-12-19(16-7-2-1-3-8-16)17-9-6-10-18(15-17)20-11-4-5-14-22-20/h1-11,14-15,19H,12-13,21H2. The SMILES string of the molecule is NCCC(c1ccccc1)c1cccc(-c2ccccn2)c1. The van der Waals surface area contributed by atoms with Crippen LogP contribution in [0, 0.1) is 0 Å². The van der Waals surface area contributed by atoms with Crippen molar-refractivity contribution in [1.29, 1.82) is 0 Å². The average Bonchev–Trinajstić information content (AvgIpc) is 2.61. The highest BCUT2D eigenvalue weighted by atomic mass is 14.7. The van der Waals surface area contributed by atoms with Crippen LogP contribution in [0.2, 0.25) is 0 Å². The first kappa shape index (κ1) is 14.5. The molecule has 1 aromatic heterocycles. The number of aromatic nitrogens is 1. The Morgan fingerprint density at radius 3 is 2.32 bits per heavy atom. The summed E-state index contributed by atoms with van der Waals surface area (Å²) < 4.78 is 0. The first-order chi connectivity index (χ1) is 10.9. The van der Waals surface area contributed by atoms with Crippen molar-refractivity contribution >= 4 is 0 Å². The molecule has 2 nitrogen and oxygen atoms in total. The van der Waals surface area contributed by atoms with E-state index >= 15 is 0 Å². The fraction of sp³-hybridized carbons (Fsp3) is 0.150. The van der Waals surface area contributed by atoms with Gasteiger partial charge in [-0.2, -0.15) is 0 Å². The average molecular weight is 288 g/mol. The molecule has 2 heteroatoms. The van der Waals surface area contributed by atoms with Crippen molar-refractivity contribution in [3.05, 3.63) is 90.1 Å². The van der Waals surface area contributed by atoms with Crippen LogP contribution >= 0.6 is 0 Å². The van der Waals surface area contributed by atoms with Crippen molar-refractivity contribution in [2.24, 2.45) is 5.73 Å². The highest BCUT2D eigenvalue weighted by molar-refractivity contribution is 5.60. The third-order valence-corrected chi connectivity index (χ3v) is 3.91. The number of pyridine rings is 1. The zero-order valence-electron chi connectivity index (χ0n) is 12.5. The summed E-state index contributed by atoms with van der Waals surface area (Å²) in [5.41, 5.74) is 10.6. The fourth-order valence-corrected chi connectivity index (χ4v) is 2.83. The lowest BCUT2D eigenvalue weighted by molar-refractivity contribution is 0.726. The van der Waals surface area contributed by atoms with Crippen LogP contribution in [-0.2, 0) is 0 Å². The van der Waals surface area contributed by atoms with Crippen LogP contribution in [0.3, 0.4) is 0 Å². The predicted molar refractivity (Wildman–Crippen MR) is 91.6 cm³/mol. The zero-order valence-corrected chi connectivity index (χ0v) is 12.5. The quantitative estimate of drug-likeness (QED) is 0.763. The highest BCUT2D eigenvalue weighted by Gasteiger charge is 2.14. The van der Waals surface area contributed by atoms with Crippen molar-refractivity contribution in [3.8, 4) is 11.3 Å². The monoisotopic (exact) mass is 288 g/mol. The van der Waals surface area contributed by atoms with Crippen LogP contribution in [0.4, 0.5) is 0 Å². The minimum absolute atomic E-state index is 0.329. The molecule has 22 heavy (non-hydrogen) atoms. The first-order valence-corrected chi connectivity index (χ1v) is 7.65. The Labute approximate surface area is 131 Å². The molecule has 1 unspecified atom stereocenters. The molecule has 0 fully saturated rings. The third kappa shape index (κ3) is 3.23. The van der Waals surface area contributed by atoms with E-state index in [9.17, 15) is 0 Å². The second kappa shape index (κ2) is 7.01. The number of rotatable bonds is 5. The van der Waals surface area contributed by atoms with Crippen molar-refractivity contribution in [3.63, 3.8) is 0 Å². The van der Waals surface area contributed by atoms with E-state index in [0.29, 0.717) is 12.5 Å². The van der Waals surface area contributed by atoms with E-state index in [1.807, 2.05) is 30.5 Å². The molecule has 110 valence electrons. The van der Waals surface area contributed by atoms with Gasteiger partial charge in [0.15, 0.2) is 0 Å². The van der Waals surface area contributed by atoms with Gasteiger partial charge in [0, 0.05) is 17.7 Å². The molecule has 2 N–H and O–H groups in total. The molecule has 0 radical (unpaired) electrons. The molecule has 0 aliphatic carbocycles. The number of hydrogen-bond acceptors (Lipinski definition) is 2. The predicted octanol–water partition coefficient (Wildman–Crippen LogP) is 4.23. The molecule has 0 aliphatic rings. The number of nitrogens with two attached hydrogens (primary N) is 1. The van der Waals surface area contributed by atoms with Gasteiger partial charge in [-0.05, 0) is 42.3 Å². The van der Waals surface area contributed by atoms with Crippen molar-refractivity contribution in [1.82, 2.24) is 4.98 Å². The van der Waals surface area contributed by atoms with Gasteiger partial charge in [0.25, 0.3) is 0 Å². The summed E-state index contributed by atoms with van der Waals surface area (Å²) in [5, 5.41) is 0. The van der Waals surface area contributed by atoms with Crippen LogP contribution in [0.5, 0.6) is 0 Å². The Balaban J connectivity index is 1.99. The Morgan fingerprint density at radius 2 is 1.59 bits per heavy atom. The molecule has 3 aromatic rings. The van der Waals surface area contributed by atoms with E-state index < -0.39 is 0 Å². The number of benzene rings is 2. The molecule has 3 rings (SSSR count). The lowest BCUT2D eigenvalue weighted by Crippen LogP contribution is -2.09. The summed E-state index contributed by atoms with van der Waals surface area (Å²) in [6, 6.07) is 25.2. The van der Waals surface area contributed by atoms with Gasteiger partial charge in [0.05, 0.1) is 5.69 Å². The van der Waals surface area contributed by atoms with Gasteiger partial charge in [-0.25, -0.2) is 0 Å². The first-order valence-electron chi connectivity index (χ1n) is 7.65. The summed E-state index contributed by atoms with van der Waals surface area (Å²) in [4.78, 5) is 4.44. The zero-order chi connectivity index (χ0) is 15.2. The van der Waals surface area contributed by atoms with Gasteiger partial charge < -0.3 is 5.73 Å². The van der Waals surface area contributed by atoms with Crippen molar-refractivity contribution < 1.29 is 0 Å². The maximum Gasteiger partial charge on any atom is 0.0702 e. The van der Waals surface area contributed by atoms with Crippen LogP contribution in [0.15, 0.2) is 79.0 Å². The Hall–Kier alpha value is -2.45. The minimum atomic E-state index is 0.329. The summed E-state index contributed by atoms with van der Waals surface area (Å²) in [5.74, 6) is 0.329. The molecule has 0 aliphatic heterocycles. The lowest BCUT2D eigenvalue weighted by atomic mass is 9.87. The number of nitrogens with zero attached hydrogens (tertiary/aromatic N) is 1. The molecule has 0 spiro atoms. The van der Waals surface area contributed by atoms with E-state index in [-0.39, 0.29) is 0 Å². The fourth-order valence-electron chi connectivity index (χ4n) is 2.83. The van der Waals surface area contributed by atoms with Gasteiger partial charge >= 0.3 is 0 Å². The van der Waals surface area contributed by atoms with E-state index in [1.54, 1.807) is 0 Å². The van der Waals surface area contributed by atoms with Gasteiger partial charge in [0.1, 0.15) is 0 Å². The summed E-state index contributed by atoms with van der Waals surface area (Å²) in [6.07, 6.45) is 2.77.